The van der Waals surface area contributed by atoms with E-state index in [1.807, 2.05) is 91.0 Å². The molecule has 1 aliphatic heterocycles. The Kier molecular flexibility index (Phi) is 6.00. The van der Waals surface area contributed by atoms with E-state index in [1.54, 1.807) is 13.4 Å². The van der Waals surface area contributed by atoms with Crippen LogP contribution in [0.1, 0.15) is 21.7 Å². The molecule has 5 aromatic rings. The molecule has 0 fully saturated rings. The van der Waals surface area contributed by atoms with E-state index in [4.69, 9.17) is 9.15 Å². The zero-order valence-corrected chi connectivity index (χ0v) is 21.3. The van der Waals surface area contributed by atoms with Gasteiger partial charge in [0.05, 0.1) is 13.4 Å². The molecule has 0 aliphatic carbocycles. The quantitative estimate of drug-likeness (QED) is 0.210. The molecule has 3 nitrogen and oxygen atoms in total. The zero-order valence-electron chi connectivity index (χ0n) is 20.4. The number of rotatable bonds is 6. The van der Waals surface area contributed by atoms with Gasteiger partial charge in [0.15, 0.2) is 5.78 Å². The molecule has 0 bridgehead atoms. The predicted molar refractivity (Wildman–Crippen MR) is 153 cm³/mol. The second-order valence-electron chi connectivity index (χ2n) is 8.84. The van der Waals surface area contributed by atoms with Crippen molar-refractivity contribution < 1.29 is 13.9 Å². The Morgan fingerprint density at radius 2 is 1.27 bits per heavy atom. The van der Waals surface area contributed by atoms with E-state index in [2.05, 4.69) is 36.4 Å². The fraction of sp³-hybridized carbons (Fsp3) is 0.0303. The number of benzene rings is 4. The van der Waals surface area contributed by atoms with Crippen molar-refractivity contribution in [3.8, 4) is 5.75 Å². The lowest BCUT2D eigenvalue weighted by molar-refractivity contribution is 0.106. The van der Waals surface area contributed by atoms with Crippen molar-refractivity contribution in [2.24, 2.45) is 0 Å². The van der Waals surface area contributed by atoms with Crippen LogP contribution in [-0.2, 0) is 0 Å². The van der Waals surface area contributed by atoms with Crippen LogP contribution in [0.4, 0.5) is 0 Å². The summed E-state index contributed by atoms with van der Waals surface area (Å²) in [5, 5.41) is 4.08. The Hall–Kier alpha value is -4.33. The number of ketones is 1. The molecule has 1 aromatic heterocycles. The Labute approximate surface area is 216 Å². The summed E-state index contributed by atoms with van der Waals surface area (Å²) in [6.07, 6.45) is 3.81. The first-order chi connectivity index (χ1) is 18.2. The van der Waals surface area contributed by atoms with E-state index in [9.17, 15) is 4.79 Å². The molecule has 0 N–H and O–H groups in total. The Bertz CT molecular complexity index is 1600. The van der Waals surface area contributed by atoms with Gasteiger partial charge in [0.1, 0.15) is 11.5 Å². The Morgan fingerprint density at radius 1 is 0.703 bits per heavy atom. The van der Waals surface area contributed by atoms with Gasteiger partial charge in [0.2, 0.25) is 0 Å². The van der Waals surface area contributed by atoms with E-state index in [0.29, 0.717) is 5.56 Å². The molecule has 0 saturated heterocycles. The number of fused-ring (bicyclic) bond motifs is 1. The number of ether oxygens (including phenoxy) is 1. The lowest BCUT2D eigenvalue weighted by atomic mass is 9.99. The number of allylic oxidation sites excluding steroid dienone is 1. The fourth-order valence-electron chi connectivity index (χ4n) is 5.15. The van der Waals surface area contributed by atoms with Crippen LogP contribution in [0.3, 0.4) is 0 Å². The van der Waals surface area contributed by atoms with Crippen LogP contribution < -0.4 is 20.7 Å². The summed E-state index contributed by atoms with van der Waals surface area (Å²) in [5.41, 5.74) is 2.53. The molecule has 1 aliphatic rings. The van der Waals surface area contributed by atoms with Gasteiger partial charge in [-0.2, -0.15) is 0 Å². The van der Waals surface area contributed by atoms with Gasteiger partial charge in [0, 0.05) is 21.7 Å². The maximum absolute atomic E-state index is 14.5. The van der Waals surface area contributed by atoms with Crippen LogP contribution in [0.2, 0.25) is 0 Å². The van der Waals surface area contributed by atoms with E-state index >= 15 is 0 Å². The topological polar surface area (TPSA) is 39.4 Å². The lowest BCUT2D eigenvalue weighted by Crippen LogP contribution is -2.35. The molecule has 2 heterocycles. The van der Waals surface area contributed by atoms with E-state index in [-0.39, 0.29) is 5.78 Å². The van der Waals surface area contributed by atoms with E-state index in [1.165, 1.54) is 0 Å². The van der Waals surface area contributed by atoms with Crippen LogP contribution >= 0.6 is 6.89 Å². The first-order valence-corrected chi connectivity index (χ1v) is 13.9. The van der Waals surface area contributed by atoms with Crippen molar-refractivity contribution in [3.63, 3.8) is 0 Å². The molecule has 180 valence electrons. The van der Waals surface area contributed by atoms with Crippen LogP contribution in [0.15, 0.2) is 138 Å². The van der Waals surface area contributed by atoms with Crippen LogP contribution in [0.5, 0.6) is 5.75 Å². The second-order valence-corrected chi connectivity index (χ2v) is 12.2. The number of hydrogen-bond acceptors (Lipinski definition) is 3. The van der Waals surface area contributed by atoms with Gasteiger partial charge in [-0.1, -0.05) is 103 Å². The van der Waals surface area contributed by atoms with Gasteiger partial charge in [-0.15, -0.1) is 0 Å². The normalized spacial score (nSPS) is 14.0. The van der Waals surface area contributed by atoms with Gasteiger partial charge in [-0.3, -0.25) is 4.79 Å². The highest BCUT2D eigenvalue weighted by Crippen LogP contribution is 2.52. The van der Waals surface area contributed by atoms with Gasteiger partial charge in [-0.25, -0.2) is 0 Å². The second kappa shape index (κ2) is 9.61. The highest BCUT2D eigenvalue weighted by Gasteiger charge is 2.39. The summed E-state index contributed by atoms with van der Waals surface area (Å²) in [6.45, 7) is -2.57. The number of carbonyl (C=O) groups is 1. The maximum Gasteiger partial charge on any atom is 0.194 e. The molecule has 6 rings (SSSR count). The first kappa shape index (κ1) is 23.1. The molecule has 0 spiro atoms. The maximum atomic E-state index is 14.5. The number of Topliss-reactive ketones (excluding diaryl/α,β-unsaturated/α-hetero) is 1. The zero-order chi connectivity index (χ0) is 25.2. The average molecular weight is 501 g/mol. The van der Waals surface area contributed by atoms with Crippen LogP contribution in [-0.4, -0.2) is 18.2 Å². The summed E-state index contributed by atoms with van der Waals surface area (Å²) in [5.74, 6) is 1.61. The van der Waals surface area contributed by atoms with Crippen molar-refractivity contribution in [2.75, 3.05) is 7.11 Å². The number of methoxy groups -OCH3 is 1. The minimum atomic E-state index is -2.57. The molecule has 4 aromatic carbocycles. The summed E-state index contributed by atoms with van der Waals surface area (Å²) in [4.78, 5) is 14.5. The van der Waals surface area contributed by atoms with E-state index < -0.39 is 6.89 Å². The van der Waals surface area contributed by atoms with Gasteiger partial charge in [0.25, 0.3) is 0 Å². The third-order valence-corrected chi connectivity index (χ3v) is 11.1. The van der Waals surface area contributed by atoms with Gasteiger partial charge in [-0.05, 0) is 47.3 Å². The summed E-state index contributed by atoms with van der Waals surface area (Å²) >= 11 is 0. The third-order valence-electron chi connectivity index (χ3n) is 6.85. The third kappa shape index (κ3) is 3.80. The van der Waals surface area contributed by atoms with Crippen molar-refractivity contribution in [3.05, 3.63) is 151 Å². The molecule has 4 heteroatoms. The number of hydrogen-bond donors (Lipinski definition) is 0. The molecule has 0 atom stereocenters. The molecule has 37 heavy (non-hydrogen) atoms. The van der Waals surface area contributed by atoms with Crippen LogP contribution in [0, 0.1) is 0 Å². The van der Waals surface area contributed by atoms with Crippen molar-refractivity contribution in [1.82, 2.24) is 0 Å². The summed E-state index contributed by atoms with van der Waals surface area (Å²) < 4.78 is 11.6. The molecule has 0 unspecified atom stereocenters. The van der Waals surface area contributed by atoms with E-state index in [0.717, 1.165) is 43.9 Å². The first-order valence-electron chi connectivity index (χ1n) is 12.2. The average Bonchev–Trinajstić information content (AvgIpc) is 3.48. The standard InChI is InChI=1S/C33H25O3P/c1-35-26-19-17-24(18-20-26)29-23-31(32(34)25-11-5-2-6-12-25)37(27-13-7-3-8-14-27,28-15-9-4-10-16-28)30-21-22-36-33(29)30/h2-23H,1H3. The SMILES string of the molecule is COc1ccc(C2=CC(C(=O)c3ccccc3)=P(c3ccccc3)(c3ccccc3)c3ccoc32)cc1. The minimum Gasteiger partial charge on any atom is -0.497 e. The van der Waals surface area contributed by atoms with Gasteiger partial charge < -0.3 is 9.15 Å². The number of furan rings is 1. The lowest BCUT2D eigenvalue weighted by Gasteiger charge is -2.34. The highest BCUT2D eigenvalue weighted by molar-refractivity contribution is 7.97. The Balaban J connectivity index is 1.77. The predicted octanol–water partition coefficient (Wildman–Crippen LogP) is 6.08. The number of carbonyl (C=O) groups excluding carboxylic acids is 1. The smallest absolute Gasteiger partial charge is 0.194 e. The van der Waals surface area contributed by atoms with Crippen LogP contribution in [0.25, 0.3) is 5.57 Å². The molecule has 0 saturated carbocycles. The summed E-state index contributed by atoms with van der Waals surface area (Å²) in [7, 11) is 1.66. The van der Waals surface area contributed by atoms with Crippen molar-refractivity contribution in [1.29, 1.82) is 0 Å². The molecular weight excluding hydrogens is 475 g/mol. The molecule has 0 radical (unpaired) electrons. The summed E-state index contributed by atoms with van der Waals surface area (Å²) in [6, 6.07) is 40.3. The monoisotopic (exact) mass is 500 g/mol. The molecule has 0 amide bonds. The van der Waals surface area contributed by atoms with Gasteiger partial charge >= 0.3 is 0 Å². The largest absolute Gasteiger partial charge is 0.497 e. The molecular formula is C33H25O3P. The highest BCUT2D eigenvalue weighted by atomic mass is 31.2. The van der Waals surface area contributed by atoms with Crippen molar-refractivity contribution >= 4 is 39.4 Å². The fourth-order valence-corrected chi connectivity index (χ4v) is 9.57. The Morgan fingerprint density at radius 3 is 1.84 bits per heavy atom. The van der Waals surface area contributed by atoms with Crippen molar-refractivity contribution in [2.45, 2.75) is 0 Å². The minimum absolute atomic E-state index is 0.0273.